The van der Waals surface area contributed by atoms with Gasteiger partial charge in [0.1, 0.15) is 6.33 Å². The quantitative estimate of drug-likeness (QED) is 0.651. The SMILES string of the molecule is CCn1c(=O)oc2cc(NC(=O)N[C@@H](C)c3nncn3CCOC)ccc21. The molecule has 0 radical (unpaired) electrons. The molecule has 0 bridgehead atoms. The molecule has 0 spiro atoms. The van der Waals surface area contributed by atoms with Gasteiger partial charge in [-0.25, -0.2) is 9.59 Å². The summed E-state index contributed by atoms with van der Waals surface area (Å²) in [5.74, 6) is 0.210. The Bertz CT molecular complexity index is 989. The van der Waals surface area contributed by atoms with Gasteiger partial charge in [0.15, 0.2) is 11.4 Å². The van der Waals surface area contributed by atoms with Crippen molar-refractivity contribution in [3.8, 4) is 0 Å². The summed E-state index contributed by atoms with van der Waals surface area (Å²) in [7, 11) is 1.62. The van der Waals surface area contributed by atoms with Crippen molar-refractivity contribution in [2.45, 2.75) is 33.0 Å². The van der Waals surface area contributed by atoms with Gasteiger partial charge in [0.25, 0.3) is 0 Å². The molecule has 2 heterocycles. The number of carbonyl (C=O) groups excluding carboxylic acids is 1. The molecule has 1 aromatic carbocycles. The van der Waals surface area contributed by atoms with E-state index in [1.807, 2.05) is 18.4 Å². The van der Waals surface area contributed by atoms with Crippen molar-refractivity contribution in [1.29, 1.82) is 0 Å². The largest absolute Gasteiger partial charge is 0.419 e. The van der Waals surface area contributed by atoms with Gasteiger partial charge in [0.2, 0.25) is 0 Å². The molecule has 3 rings (SSSR count). The summed E-state index contributed by atoms with van der Waals surface area (Å²) in [5, 5.41) is 13.5. The molecule has 10 heteroatoms. The normalized spacial score (nSPS) is 12.3. The average Bonchev–Trinajstić information content (AvgIpc) is 3.22. The van der Waals surface area contributed by atoms with Crippen LogP contribution >= 0.6 is 0 Å². The van der Waals surface area contributed by atoms with Crippen LogP contribution in [-0.2, 0) is 17.8 Å². The molecule has 3 aromatic rings. The minimum atomic E-state index is -0.418. The number of urea groups is 1. The van der Waals surface area contributed by atoms with Crippen LogP contribution in [-0.4, -0.2) is 39.1 Å². The summed E-state index contributed by atoms with van der Waals surface area (Å²) in [6.07, 6.45) is 1.60. The van der Waals surface area contributed by atoms with Crippen LogP contribution in [0.15, 0.2) is 33.7 Å². The van der Waals surface area contributed by atoms with Gasteiger partial charge in [-0.1, -0.05) is 0 Å². The Balaban J connectivity index is 1.68. The maximum absolute atomic E-state index is 12.3. The lowest BCUT2D eigenvalue weighted by Gasteiger charge is -2.15. The zero-order chi connectivity index (χ0) is 19.4. The second-order valence-electron chi connectivity index (χ2n) is 5.99. The Morgan fingerprint density at radius 3 is 2.96 bits per heavy atom. The number of fused-ring (bicyclic) bond motifs is 1. The van der Waals surface area contributed by atoms with Gasteiger partial charge in [0.05, 0.1) is 18.2 Å². The highest BCUT2D eigenvalue weighted by Crippen LogP contribution is 2.18. The first kappa shape index (κ1) is 18.6. The molecule has 10 nitrogen and oxygen atoms in total. The van der Waals surface area contributed by atoms with Crippen LogP contribution in [0.2, 0.25) is 0 Å². The zero-order valence-corrected chi connectivity index (χ0v) is 15.4. The van der Waals surface area contributed by atoms with Crippen LogP contribution in [0.1, 0.15) is 25.7 Å². The van der Waals surface area contributed by atoms with E-state index in [0.29, 0.717) is 42.3 Å². The third kappa shape index (κ3) is 4.00. The summed E-state index contributed by atoms with van der Waals surface area (Å²) in [6.45, 7) is 5.31. The molecule has 27 heavy (non-hydrogen) atoms. The predicted octanol–water partition coefficient (Wildman–Crippen LogP) is 1.73. The third-order valence-electron chi connectivity index (χ3n) is 4.16. The van der Waals surface area contributed by atoms with Gasteiger partial charge >= 0.3 is 11.8 Å². The molecule has 0 aliphatic carbocycles. The van der Waals surface area contributed by atoms with Crippen molar-refractivity contribution in [2.24, 2.45) is 0 Å². The van der Waals surface area contributed by atoms with Crippen LogP contribution in [0.3, 0.4) is 0 Å². The van der Waals surface area contributed by atoms with Gasteiger partial charge in [-0.2, -0.15) is 0 Å². The summed E-state index contributed by atoms with van der Waals surface area (Å²) in [5.41, 5.74) is 1.63. The number of nitrogens with one attached hydrogen (secondary N) is 2. The number of carbonyl (C=O) groups is 1. The van der Waals surface area contributed by atoms with Crippen LogP contribution < -0.4 is 16.4 Å². The summed E-state index contributed by atoms with van der Waals surface area (Å²) in [4.78, 5) is 24.1. The van der Waals surface area contributed by atoms with E-state index in [1.165, 1.54) is 4.57 Å². The molecule has 0 saturated heterocycles. The molecule has 0 saturated carbocycles. The molecule has 2 amide bonds. The molecule has 2 aromatic heterocycles. The van der Waals surface area contributed by atoms with Crippen molar-refractivity contribution in [1.82, 2.24) is 24.6 Å². The van der Waals surface area contributed by atoms with E-state index in [4.69, 9.17) is 9.15 Å². The fraction of sp³-hybridized carbons (Fsp3) is 0.412. The Morgan fingerprint density at radius 1 is 1.41 bits per heavy atom. The number of aromatic nitrogens is 4. The van der Waals surface area contributed by atoms with E-state index >= 15 is 0 Å². The first-order valence-corrected chi connectivity index (χ1v) is 8.61. The number of nitrogens with zero attached hydrogens (tertiary/aromatic N) is 4. The van der Waals surface area contributed by atoms with Crippen molar-refractivity contribution in [3.05, 3.63) is 40.9 Å². The van der Waals surface area contributed by atoms with Gasteiger partial charge in [-0.3, -0.25) is 4.57 Å². The number of anilines is 1. The fourth-order valence-corrected chi connectivity index (χ4v) is 2.83. The summed E-state index contributed by atoms with van der Waals surface area (Å²) < 4.78 is 13.6. The Morgan fingerprint density at radius 2 is 2.22 bits per heavy atom. The van der Waals surface area contributed by atoms with Crippen molar-refractivity contribution in [2.75, 3.05) is 19.0 Å². The van der Waals surface area contributed by atoms with Crippen LogP contribution in [0.5, 0.6) is 0 Å². The van der Waals surface area contributed by atoms with E-state index in [1.54, 1.807) is 31.6 Å². The highest BCUT2D eigenvalue weighted by Gasteiger charge is 2.16. The number of methoxy groups -OCH3 is 1. The number of hydrogen-bond donors (Lipinski definition) is 2. The van der Waals surface area contributed by atoms with Gasteiger partial charge < -0.3 is 24.4 Å². The Labute approximate surface area is 155 Å². The second-order valence-corrected chi connectivity index (χ2v) is 5.99. The Kier molecular flexibility index (Phi) is 5.55. The number of rotatable bonds is 7. The molecular formula is C17H22N6O4. The molecule has 0 unspecified atom stereocenters. The molecule has 0 aliphatic heterocycles. The zero-order valence-electron chi connectivity index (χ0n) is 15.4. The van der Waals surface area contributed by atoms with E-state index in [-0.39, 0.29) is 6.04 Å². The number of aryl methyl sites for hydroxylation is 1. The average molecular weight is 374 g/mol. The fourth-order valence-electron chi connectivity index (χ4n) is 2.83. The molecular weight excluding hydrogens is 352 g/mol. The van der Waals surface area contributed by atoms with E-state index in [9.17, 15) is 9.59 Å². The van der Waals surface area contributed by atoms with E-state index in [0.717, 1.165) is 0 Å². The molecule has 2 N–H and O–H groups in total. The molecule has 0 aliphatic rings. The minimum Gasteiger partial charge on any atom is -0.408 e. The lowest BCUT2D eigenvalue weighted by atomic mass is 10.3. The summed E-state index contributed by atoms with van der Waals surface area (Å²) >= 11 is 0. The number of amides is 2. The third-order valence-corrected chi connectivity index (χ3v) is 4.16. The smallest absolute Gasteiger partial charge is 0.408 e. The number of ether oxygens (including phenoxy) is 1. The van der Waals surface area contributed by atoms with E-state index < -0.39 is 11.8 Å². The first-order valence-electron chi connectivity index (χ1n) is 8.61. The van der Waals surface area contributed by atoms with Gasteiger partial charge in [-0.15, -0.1) is 10.2 Å². The molecule has 1 atom stereocenters. The van der Waals surface area contributed by atoms with Crippen molar-refractivity contribution in [3.63, 3.8) is 0 Å². The standard InChI is InChI=1S/C17H22N6O4/c1-4-23-13-6-5-12(9-14(13)27-17(23)25)20-16(24)19-11(2)15-21-18-10-22(15)7-8-26-3/h5-6,9-11H,4,7-8H2,1-3H3,(H2,19,20,24)/t11-/m0/s1. The number of hydrogen-bond acceptors (Lipinski definition) is 6. The van der Waals surface area contributed by atoms with Crippen LogP contribution in [0.25, 0.3) is 11.1 Å². The van der Waals surface area contributed by atoms with Crippen LogP contribution in [0.4, 0.5) is 10.5 Å². The second kappa shape index (κ2) is 8.04. The first-order chi connectivity index (χ1) is 13.0. The molecule has 0 fully saturated rings. The minimum absolute atomic E-state index is 0.354. The summed E-state index contributed by atoms with van der Waals surface area (Å²) in [6, 6.07) is 4.32. The van der Waals surface area contributed by atoms with Gasteiger partial charge in [0, 0.05) is 32.0 Å². The maximum atomic E-state index is 12.3. The Hall–Kier alpha value is -3.14. The topological polar surface area (TPSA) is 116 Å². The highest BCUT2D eigenvalue weighted by atomic mass is 16.5. The highest BCUT2D eigenvalue weighted by molar-refractivity contribution is 5.91. The predicted molar refractivity (Wildman–Crippen MR) is 98.6 cm³/mol. The maximum Gasteiger partial charge on any atom is 0.419 e. The lowest BCUT2D eigenvalue weighted by Crippen LogP contribution is -2.32. The monoisotopic (exact) mass is 374 g/mol. The van der Waals surface area contributed by atoms with E-state index in [2.05, 4.69) is 20.8 Å². The lowest BCUT2D eigenvalue weighted by molar-refractivity contribution is 0.185. The van der Waals surface area contributed by atoms with Crippen molar-refractivity contribution >= 4 is 22.8 Å². The molecule has 144 valence electrons. The van der Waals surface area contributed by atoms with Gasteiger partial charge in [-0.05, 0) is 26.0 Å². The van der Waals surface area contributed by atoms with Crippen LogP contribution in [0, 0.1) is 0 Å². The van der Waals surface area contributed by atoms with Crippen molar-refractivity contribution < 1.29 is 13.9 Å². The number of benzene rings is 1. The number of oxazole rings is 1.